The molecule has 1 aliphatic carbocycles. The third-order valence-corrected chi connectivity index (χ3v) is 9.68. The summed E-state index contributed by atoms with van der Waals surface area (Å²) in [5, 5.41) is 11.8. The SMILES string of the molecule is CC1(C)c2ccccc2-c2ccc3c4ccccc4n(-c4nc(-c5ccc(C#N)cc5)nc(-c5cccc(-c6ccccc6)c5)n4)c3c21. The Morgan fingerprint density at radius 3 is 2.06 bits per heavy atom. The molecule has 0 saturated heterocycles. The fraction of sp³-hybridized carbons (Fsp3) is 0.0698. The smallest absolute Gasteiger partial charge is 0.238 e. The van der Waals surface area contributed by atoms with Crippen LogP contribution in [0, 0.1) is 11.3 Å². The lowest BCUT2D eigenvalue weighted by Crippen LogP contribution is -2.17. The topological polar surface area (TPSA) is 67.4 Å². The summed E-state index contributed by atoms with van der Waals surface area (Å²) >= 11 is 0. The lowest BCUT2D eigenvalue weighted by molar-refractivity contribution is 0.663. The molecule has 0 bridgehead atoms. The molecule has 2 aromatic heterocycles. The van der Waals surface area contributed by atoms with Crippen molar-refractivity contribution >= 4 is 21.8 Å². The van der Waals surface area contributed by atoms with Gasteiger partial charge in [-0.3, -0.25) is 4.57 Å². The lowest BCUT2D eigenvalue weighted by atomic mass is 9.81. The molecular weight excluding hydrogens is 587 g/mol. The van der Waals surface area contributed by atoms with Crippen molar-refractivity contribution in [3.05, 3.63) is 156 Å². The molecule has 5 heteroatoms. The van der Waals surface area contributed by atoms with Crippen LogP contribution in [0.1, 0.15) is 30.5 Å². The predicted molar refractivity (Wildman–Crippen MR) is 193 cm³/mol. The van der Waals surface area contributed by atoms with Crippen LogP contribution in [0.3, 0.4) is 0 Å². The van der Waals surface area contributed by atoms with E-state index in [1.807, 2.05) is 42.5 Å². The molecule has 226 valence electrons. The summed E-state index contributed by atoms with van der Waals surface area (Å²) < 4.78 is 2.23. The Morgan fingerprint density at radius 1 is 0.562 bits per heavy atom. The van der Waals surface area contributed by atoms with Crippen molar-refractivity contribution < 1.29 is 0 Å². The molecule has 2 heterocycles. The van der Waals surface area contributed by atoms with Gasteiger partial charge in [-0.25, -0.2) is 4.98 Å². The van der Waals surface area contributed by atoms with Crippen LogP contribution in [-0.2, 0) is 5.41 Å². The van der Waals surface area contributed by atoms with E-state index in [1.54, 1.807) is 0 Å². The van der Waals surface area contributed by atoms with Crippen molar-refractivity contribution in [1.29, 1.82) is 5.26 Å². The molecule has 48 heavy (non-hydrogen) atoms. The highest BCUT2D eigenvalue weighted by molar-refractivity contribution is 6.13. The minimum atomic E-state index is -0.243. The van der Waals surface area contributed by atoms with E-state index in [2.05, 4.69) is 122 Å². The zero-order valence-electron chi connectivity index (χ0n) is 26.5. The van der Waals surface area contributed by atoms with Crippen molar-refractivity contribution in [3.63, 3.8) is 0 Å². The van der Waals surface area contributed by atoms with Gasteiger partial charge in [-0.1, -0.05) is 117 Å². The summed E-state index contributed by atoms with van der Waals surface area (Å²) in [6.45, 7) is 4.63. The average molecular weight is 616 g/mol. The number of rotatable bonds is 4. The first-order valence-corrected chi connectivity index (χ1v) is 16.1. The van der Waals surface area contributed by atoms with Gasteiger partial charge in [-0.05, 0) is 69.8 Å². The van der Waals surface area contributed by atoms with E-state index in [9.17, 15) is 5.26 Å². The van der Waals surface area contributed by atoms with E-state index in [1.165, 1.54) is 22.3 Å². The molecule has 0 unspecified atom stereocenters. The van der Waals surface area contributed by atoms with Crippen molar-refractivity contribution in [3.8, 4) is 57.0 Å². The predicted octanol–water partition coefficient (Wildman–Crippen LogP) is 10.1. The van der Waals surface area contributed by atoms with Gasteiger partial charge in [0.1, 0.15) is 0 Å². The first-order chi connectivity index (χ1) is 23.5. The maximum atomic E-state index is 9.47. The van der Waals surface area contributed by atoms with Gasteiger partial charge in [-0.15, -0.1) is 0 Å². The van der Waals surface area contributed by atoms with Gasteiger partial charge in [0.05, 0.1) is 22.7 Å². The molecule has 5 nitrogen and oxygen atoms in total. The second-order valence-electron chi connectivity index (χ2n) is 12.8. The lowest BCUT2D eigenvalue weighted by Gasteiger charge is -2.23. The number of fused-ring (bicyclic) bond motifs is 7. The Balaban J connectivity index is 1.36. The van der Waals surface area contributed by atoms with Crippen molar-refractivity contribution in [2.75, 3.05) is 0 Å². The van der Waals surface area contributed by atoms with Gasteiger partial charge in [-0.2, -0.15) is 15.2 Å². The molecule has 0 N–H and O–H groups in total. The van der Waals surface area contributed by atoms with Gasteiger partial charge in [0, 0.05) is 27.3 Å². The summed E-state index contributed by atoms with van der Waals surface area (Å²) in [6.07, 6.45) is 0. The summed E-state index contributed by atoms with van der Waals surface area (Å²) in [6, 6.07) is 50.1. The standard InChI is InChI=1S/C43H29N5/c1-43(2)36-17-8-6-15-32(36)34-23-24-35-33-16-7-9-18-37(33)48(39(35)38(34)43)42-46-40(29-21-19-27(26-44)20-22-29)45-41(47-42)31-14-10-13-30(25-31)28-11-4-3-5-12-28/h3-25H,1-2H3. The van der Waals surface area contributed by atoms with E-state index >= 15 is 0 Å². The van der Waals surface area contributed by atoms with E-state index in [4.69, 9.17) is 15.0 Å². The molecule has 0 amide bonds. The number of aromatic nitrogens is 4. The fourth-order valence-electron chi connectivity index (χ4n) is 7.41. The van der Waals surface area contributed by atoms with E-state index in [0.717, 1.165) is 44.1 Å². The number of para-hydroxylation sites is 1. The highest BCUT2D eigenvalue weighted by Crippen LogP contribution is 2.52. The Labute approximate surface area is 278 Å². The fourth-order valence-corrected chi connectivity index (χ4v) is 7.41. The molecule has 0 radical (unpaired) electrons. The highest BCUT2D eigenvalue weighted by atomic mass is 15.2. The zero-order chi connectivity index (χ0) is 32.4. The molecule has 0 saturated carbocycles. The minimum Gasteiger partial charge on any atom is -0.277 e. The largest absolute Gasteiger partial charge is 0.277 e. The van der Waals surface area contributed by atoms with Gasteiger partial charge in [0.15, 0.2) is 11.6 Å². The Kier molecular flexibility index (Phi) is 6.15. The van der Waals surface area contributed by atoms with Crippen LogP contribution in [0.5, 0.6) is 0 Å². The molecule has 0 atom stereocenters. The van der Waals surface area contributed by atoms with Crippen molar-refractivity contribution in [2.24, 2.45) is 0 Å². The molecule has 0 spiro atoms. The molecule has 0 fully saturated rings. The number of nitrogens with zero attached hydrogens (tertiary/aromatic N) is 5. The van der Waals surface area contributed by atoms with E-state index in [0.29, 0.717) is 23.2 Å². The summed E-state index contributed by atoms with van der Waals surface area (Å²) in [4.78, 5) is 15.5. The van der Waals surface area contributed by atoms with Crippen LogP contribution in [0.15, 0.2) is 140 Å². The van der Waals surface area contributed by atoms with Crippen LogP contribution in [0.4, 0.5) is 0 Å². The second kappa shape index (κ2) is 10.6. The number of benzene rings is 6. The molecule has 1 aliphatic rings. The molecule has 6 aromatic carbocycles. The Bertz CT molecular complexity index is 2590. The van der Waals surface area contributed by atoms with E-state index in [-0.39, 0.29) is 5.41 Å². The monoisotopic (exact) mass is 615 g/mol. The molecule has 9 rings (SSSR count). The number of hydrogen-bond acceptors (Lipinski definition) is 4. The molecule has 8 aromatic rings. The maximum Gasteiger partial charge on any atom is 0.238 e. The third kappa shape index (κ3) is 4.20. The zero-order valence-corrected chi connectivity index (χ0v) is 26.5. The summed E-state index contributed by atoms with van der Waals surface area (Å²) in [5.74, 6) is 1.68. The Hall–Kier alpha value is -6.38. The van der Waals surface area contributed by atoms with Crippen molar-refractivity contribution in [1.82, 2.24) is 19.5 Å². The van der Waals surface area contributed by atoms with Crippen LogP contribution in [0.25, 0.3) is 72.8 Å². The van der Waals surface area contributed by atoms with Gasteiger partial charge in [0.2, 0.25) is 5.95 Å². The number of nitriles is 1. The van der Waals surface area contributed by atoms with Gasteiger partial charge >= 0.3 is 0 Å². The first kappa shape index (κ1) is 27.9. The van der Waals surface area contributed by atoms with Crippen LogP contribution >= 0.6 is 0 Å². The molecular formula is C43H29N5. The Morgan fingerprint density at radius 2 is 1.25 bits per heavy atom. The average Bonchev–Trinajstić information content (AvgIpc) is 3.60. The molecule has 0 aliphatic heterocycles. The highest BCUT2D eigenvalue weighted by Gasteiger charge is 2.38. The normalized spacial score (nSPS) is 12.9. The summed E-state index contributed by atoms with van der Waals surface area (Å²) in [5.41, 5.74) is 11.5. The number of hydrogen-bond donors (Lipinski definition) is 0. The second-order valence-corrected chi connectivity index (χ2v) is 12.8. The quantitative estimate of drug-likeness (QED) is 0.198. The third-order valence-electron chi connectivity index (χ3n) is 9.68. The van der Waals surface area contributed by atoms with Gasteiger partial charge in [0.25, 0.3) is 0 Å². The van der Waals surface area contributed by atoms with Gasteiger partial charge < -0.3 is 0 Å². The van der Waals surface area contributed by atoms with Crippen molar-refractivity contribution in [2.45, 2.75) is 19.3 Å². The van der Waals surface area contributed by atoms with E-state index < -0.39 is 0 Å². The summed E-state index contributed by atoms with van der Waals surface area (Å²) in [7, 11) is 0. The van der Waals surface area contributed by atoms with Crippen LogP contribution in [-0.4, -0.2) is 19.5 Å². The minimum absolute atomic E-state index is 0.243. The van der Waals surface area contributed by atoms with Crippen LogP contribution < -0.4 is 0 Å². The first-order valence-electron chi connectivity index (χ1n) is 16.1. The maximum absolute atomic E-state index is 9.47. The van der Waals surface area contributed by atoms with Crippen LogP contribution in [0.2, 0.25) is 0 Å².